The number of anilines is 1. The summed E-state index contributed by atoms with van der Waals surface area (Å²) < 4.78 is 33.2. The van der Waals surface area contributed by atoms with Gasteiger partial charge < -0.3 is 9.84 Å². The molecule has 0 radical (unpaired) electrons. The van der Waals surface area contributed by atoms with E-state index in [1.165, 1.54) is 15.6 Å². The van der Waals surface area contributed by atoms with Gasteiger partial charge in [0.1, 0.15) is 0 Å². The van der Waals surface area contributed by atoms with E-state index in [1.807, 2.05) is 13.0 Å². The highest BCUT2D eigenvalue weighted by Gasteiger charge is 2.35. The van der Waals surface area contributed by atoms with Crippen LogP contribution in [0.15, 0.2) is 33.7 Å². The molecular weight excluding hydrogens is 472 g/mol. The lowest BCUT2D eigenvalue weighted by molar-refractivity contribution is -0.120. The first-order valence-corrected chi connectivity index (χ1v) is 12.8. The van der Waals surface area contributed by atoms with Crippen LogP contribution in [0.25, 0.3) is 10.7 Å². The van der Waals surface area contributed by atoms with E-state index >= 15 is 0 Å². The quantitative estimate of drug-likeness (QED) is 0.563. The predicted octanol–water partition coefficient (Wildman–Crippen LogP) is 4.42. The zero-order chi connectivity index (χ0) is 23.0. The van der Waals surface area contributed by atoms with Gasteiger partial charge in [-0.25, -0.2) is 8.42 Å². The number of nitrogens with one attached hydrogen (secondary N) is 1. The van der Waals surface area contributed by atoms with Crippen LogP contribution in [0, 0.1) is 26.7 Å². The molecule has 11 heteroatoms. The van der Waals surface area contributed by atoms with E-state index in [1.54, 1.807) is 32.0 Å². The molecule has 0 spiro atoms. The predicted molar refractivity (Wildman–Crippen MR) is 123 cm³/mol. The third-order valence-corrected chi connectivity index (χ3v) is 8.85. The van der Waals surface area contributed by atoms with Crippen molar-refractivity contribution < 1.29 is 17.7 Å². The number of halogens is 1. The van der Waals surface area contributed by atoms with Gasteiger partial charge in [0.2, 0.25) is 27.6 Å². The monoisotopic (exact) mass is 494 g/mol. The molecule has 0 saturated carbocycles. The van der Waals surface area contributed by atoms with Gasteiger partial charge in [-0.15, -0.1) is 11.3 Å². The summed E-state index contributed by atoms with van der Waals surface area (Å²) in [6.07, 6.45) is 1.22. The van der Waals surface area contributed by atoms with E-state index < -0.39 is 15.9 Å². The maximum atomic E-state index is 13.4. The summed E-state index contributed by atoms with van der Waals surface area (Å²) >= 11 is 7.35. The fourth-order valence-corrected chi connectivity index (χ4v) is 6.89. The Labute approximate surface area is 195 Å². The highest BCUT2D eigenvalue weighted by molar-refractivity contribution is 7.89. The van der Waals surface area contributed by atoms with E-state index in [0.717, 1.165) is 5.56 Å². The fourth-order valence-electron chi connectivity index (χ4n) is 3.71. The summed E-state index contributed by atoms with van der Waals surface area (Å²) in [5.41, 5.74) is 1.53. The maximum Gasteiger partial charge on any atom is 0.244 e. The Balaban J connectivity index is 1.53. The summed E-state index contributed by atoms with van der Waals surface area (Å²) in [7, 11) is -3.77. The summed E-state index contributed by atoms with van der Waals surface area (Å²) in [5.74, 6) is 0.121. The molecule has 1 saturated heterocycles. The molecule has 32 heavy (non-hydrogen) atoms. The van der Waals surface area contributed by atoms with Gasteiger partial charge in [-0.05, 0) is 50.5 Å². The maximum absolute atomic E-state index is 13.4. The number of rotatable bonds is 5. The van der Waals surface area contributed by atoms with Gasteiger partial charge in [-0.2, -0.15) is 9.29 Å². The fraction of sp³-hybridized carbons (Fsp3) is 0.381. The molecule has 1 aromatic carbocycles. The SMILES string of the molecule is Cc1nc(-c2cc(S(=O)(=O)N3CCC[C@H](C(=O)Nc4cc(Cl)ccc4C)C3)c(C)s2)no1. The van der Waals surface area contributed by atoms with Crippen molar-refractivity contribution in [1.82, 2.24) is 14.4 Å². The molecule has 1 atom stereocenters. The summed E-state index contributed by atoms with van der Waals surface area (Å²) in [4.78, 5) is 18.6. The van der Waals surface area contributed by atoms with E-state index in [-0.39, 0.29) is 17.3 Å². The van der Waals surface area contributed by atoms with Crippen LogP contribution in [0.4, 0.5) is 5.69 Å². The van der Waals surface area contributed by atoms with Gasteiger partial charge in [0.25, 0.3) is 0 Å². The third kappa shape index (κ3) is 4.59. The first-order chi connectivity index (χ1) is 15.1. The molecule has 2 aromatic heterocycles. The summed E-state index contributed by atoms with van der Waals surface area (Å²) in [6.45, 7) is 5.81. The zero-order valence-electron chi connectivity index (χ0n) is 17.9. The van der Waals surface area contributed by atoms with Gasteiger partial charge in [0, 0.05) is 35.6 Å². The first-order valence-electron chi connectivity index (χ1n) is 10.1. The molecule has 8 nitrogen and oxygen atoms in total. The lowest BCUT2D eigenvalue weighted by atomic mass is 9.98. The van der Waals surface area contributed by atoms with E-state index in [2.05, 4.69) is 15.5 Å². The molecule has 0 aliphatic carbocycles. The number of aryl methyl sites for hydroxylation is 3. The lowest BCUT2D eigenvalue weighted by Gasteiger charge is -2.31. The standard InChI is InChI=1S/C21H23ClN4O4S2/c1-12-6-7-16(22)9-17(12)24-21(27)15-5-4-8-26(11-15)32(28,29)19-10-18(31-13(19)2)20-23-14(3)30-25-20/h6-7,9-10,15H,4-5,8,11H2,1-3H3,(H,24,27)/t15-/m0/s1. The highest BCUT2D eigenvalue weighted by atomic mass is 35.5. The van der Waals surface area contributed by atoms with Crippen molar-refractivity contribution in [3.05, 3.63) is 45.6 Å². The van der Waals surface area contributed by atoms with Crippen LogP contribution >= 0.6 is 22.9 Å². The second-order valence-corrected chi connectivity index (χ2v) is 11.4. The number of amides is 1. The van der Waals surface area contributed by atoms with Gasteiger partial charge in [-0.1, -0.05) is 22.8 Å². The number of aromatic nitrogens is 2. The number of nitrogens with zero attached hydrogens (tertiary/aromatic N) is 3. The first kappa shape index (κ1) is 22.9. The van der Waals surface area contributed by atoms with Crippen LogP contribution in [0.2, 0.25) is 5.02 Å². The molecule has 0 unspecified atom stereocenters. The molecule has 3 heterocycles. The number of hydrogen-bond acceptors (Lipinski definition) is 7. The largest absolute Gasteiger partial charge is 0.339 e. The molecule has 1 aliphatic rings. The number of sulfonamides is 1. The minimum Gasteiger partial charge on any atom is -0.339 e. The van der Waals surface area contributed by atoms with Crippen molar-refractivity contribution in [1.29, 1.82) is 0 Å². The zero-order valence-corrected chi connectivity index (χ0v) is 20.3. The summed E-state index contributed by atoms with van der Waals surface area (Å²) in [6, 6.07) is 6.87. The van der Waals surface area contributed by atoms with Crippen molar-refractivity contribution in [2.24, 2.45) is 5.92 Å². The minimum absolute atomic E-state index is 0.125. The van der Waals surface area contributed by atoms with Gasteiger partial charge in [0.05, 0.1) is 15.7 Å². The summed E-state index contributed by atoms with van der Waals surface area (Å²) in [5, 5.41) is 7.31. The number of benzene rings is 1. The van der Waals surface area contributed by atoms with Crippen molar-refractivity contribution in [2.75, 3.05) is 18.4 Å². The topological polar surface area (TPSA) is 105 Å². The molecule has 1 fully saturated rings. The Kier molecular flexibility index (Phi) is 6.39. The number of carbonyl (C=O) groups excluding carboxylic acids is 1. The Morgan fingerprint density at radius 3 is 2.78 bits per heavy atom. The number of piperidine rings is 1. The number of hydrogen-bond donors (Lipinski definition) is 1. The van der Waals surface area contributed by atoms with Crippen LogP contribution in [0.5, 0.6) is 0 Å². The van der Waals surface area contributed by atoms with Crippen molar-refractivity contribution >= 4 is 44.6 Å². The molecule has 1 N–H and O–H groups in total. The average Bonchev–Trinajstić information content (AvgIpc) is 3.36. The van der Waals surface area contributed by atoms with E-state index in [0.29, 0.717) is 51.6 Å². The highest BCUT2D eigenvalue weighted by Crippen LogP contribution is 2.35. The normalized spacial score (nSPS) is 17.4. The van der Waals surface area contributed by atoms with Crippen LogP contribution in [-0.4, -0.2) is 41.9 Å². The van der Waals surface area contributed by atoms with Crippen LogP contribution in [0.3, 0.4) is 0 Å². The molecule has 1 amide bonds. The lowest BCUT2D eigenvalue weighted by Crippen LogP contribution is -2.43. The molecule has 0 bridgehead atoms. The average molecular weight is 495 g/mol. The van der Waals surface area contributed by atoms with Crippen molar-refractivity contribution in [3.8, 4) is 10.7 Å². The molecular formula is C21H23ClN4O4S2. The van der Waals surface area contributed by atoms with Gasteiger partial charge in [-0.3, -0.25) is 4.79 Å². The van der Waals surface area contributed by atoms with Gasteiger partial charge in [0.15, 0.2) is 0 Å². The van der Waals surface area contributed by atoms with E-state index in [9.17, 15) is 13.2 Å². The Hall–Kier alpha value is -2.27. The second-order valence-electron chi connectivity index (χ2n) is 7.82. The van der Waals surface area contributed by atoms with Crippen LogP contribution in [0.1, 0.15) is 29.2 Å². The second kappa shape index (κ2) is 8.93. The smallest absolute Gasteiger partial charge is 0.244 e. The number of carbonyl (C=O) groups is 1. The minimum atomic E-state index is -3.77. The Bertz CT molecular complexity index is 1270. The Morgan fingerprint density at radius 2 is 2.06 bits per heavy atom. The van der Waals surface area contributed by atoms with Crippen LogP contribution in [-0.2, 0) is 14.8 Å². The van der Waals surface area contributed by atoms with Crippen molar-refractivity contribution in [3.63, 3.8) is 0 Å². The number of thiophene rings is 1. The molecule has 3 aromatic rings. The van der Waals surface area contributed by atoms with E-state index in [4.69, 9.17) is 16.1 Å². The molecule has 170 valence electrons. The van der Waals surface area contributed by atoms with Crippen molar-refractivity contribution in [2.45, 2.75) is 38.5 Å². The third-order valence-electron chi connectivity index (χ3n) is 5.45. The molecule has 1 aliphatic heterocycles. The van der Waals surface area contributed by atoms with Gasteiger partial charge >= 0.3 is 0 Å². The Morgan fingerprint density at radius 1 is 1.28 bits per heavy atom. The molecule has 4 rings (SSSR count). The van der Waals surface area contributed by atoms with Crippen LogP contribution < -0.4 is 5.32 Å².